The second-order valence-corrected chi connectivity index (χ2v) is 12.4. The van der Waals surface area contributed by atoms with Gasteiger partial charge in [0.05, 0.1) is 11.6 Å². The second kappa shape index (κ2) is 11.0. The number of cyclic esters (lactones) is 1. The largest absolute Gasteiger partial charge is 0.444 e. The molecule has 1 saturated heterocycles. The zero-order valence-electron chi connectivity index (χ0n) is 24.1. The van der Waals surface area contributed by atoms with Crippen molar-refractivity contribution < 1.29 is 24.2 Å². The van der Waals surface area contributed by atoms with Gasteiger partial charge in [0, 0.05) is 32.5 Å². The third kappa shape index (κ3) is 7.01. The molecule has 210 valence electrons. The van der Waals surface area contributed by atoms with Crippen molar-refractivity contribution in [3.8, 4) is 0 Å². The lowest BCUT2D eigenvalue weighted by Crippen LogP contribution is -2.51. The molecule has 1 fully saturated rings. The van der Waals surface area contributed by atoms with E-state index in [1.54, 1.807) is 23.6 Å². The highest BCUT2D eigenvalue weighted by Crippen LogP contribution is 2.42. The van der Waals surface area contributed by atoms with Crippen LogP contribution < -0.4 is 0 Å². The maximum atomic E-state index is 13.3. The molecule has 0 aromatic heterocycles. The minimum Gasteiger partial charge on any atom is -0.444 e. The summed E-state index contributed by atoms with van der Waals surface area (Å²) in [5.74, 6) is 0. The smallest absolute Gasteiger partial charge is 0.411 e. The van der Waals surface area contributed by atoms with Gasteiger partial charge >= 0.3 is 12.2 Å². The maximum absolute atomic E-state index is 13.3. The summed E-state index contributed by atoms with van der Waals surface area (Å²) < 4.78 is 11.6. The van der Waals surface area contributed by atoms with Crippen LogP contribution in [-0.4, -0.2) is 57.9 Å². The van der Waals surface area contributed by atoms with E-state index in [1.807, 2.05) is 58.0 Å². The van der Waals surface area contributed by atoms with Crippen molar-refractivity contribution in [3.05, 3.63) is 77.4 Å². The van der Waals surface area contributed by atoms with Crippen molar-refractivity contribution in [1.29, 1.82) is 0 Å². The van der Waals surface area contributed by atoms with E-state index in [0.29, 0.717) is 32.5 Å². The number of nitrogens with zero attached hydrogens (tertiary/aromatic N) is 2. The summed E-state index contributed by atoms with van der Waals surface area (Å²) in [7, 11) is 0. The fourth-order valence-electron chi connectivity index (χ4n) is 5.47. The van der Waals surface area contributed by atoms with Crippen LogP contribution in [0.1, 0.15) is 83.5 Å². The number of rotatable bonds is 6. The molecule has 0 spiro atoms. The monoisotopic (exact) mass is 534 g/mol. The molecule has 2 aromatic rings. The third-order valence-corrected chi connectivity index (χ3v) is 7.38. The predicted octanol–water partition coefficient (Wildman–Crippen LogP) is 6.67. The molecular formula is C32H42N2O5. The van der Waals surface area contributed by atoms with Crippen LogP contribution in [0.15, 0.2) is 60.7 Å². The lowest BCUT2D eigenvalue weighted by molar-refractivity contribution is -0.101. The van der Waals surface area contributed by atoms with E-state index in [-0.39, 0.29) is 18.2 Å². The van der Waals surface area contributed by atoms with Gasteiger partial charge in [-0.3, -0.25) is 0 Å². The summed E-state index contributed by atoms with van der Waals surface area (Å²) in [5.41, 5.74) is 1.89. The Hall–Kier alpha value is -3.32. The molecule has 0 bridgehead atoms. The van der Waals surface area contributed by atoms with Crippen molar-refractivity contribution in [3.63, 3.8) is 0 Å². The number of amides is 2. The van der Waals surface area contributed by atoms with Crippen LogP contribution in [0.4, 0.5) is 9.59 Å². The summed E-state index contributed by atoms with van der Waals surface area (Å²) in [4.78, 5) is 29.2. The van der Waals surface area contributed by atoms with Gasteiger partial charge in [-0.15, -0.1) is 0 Å². The molecule has 2 atom stereocenters. The van der Waals surface area contributed by atoms with Gasteiger partial charge in [0.2, 0.25) is 0 Å². The number of hydrogen-bond donors (Lipinski definition) is 1. The van der Waals surface area contributed by atoms with Crippen LogP contribution in [0.5, 0.6) is 0 Å². The van der Waals surface area contributed by atoms with Gasteiger partial charge < -0.3 is 24.4 Å². The third-order valence-electron chi connectivity index (χ3n) is 7.38. The maximum Gasteiger partial charge on any atom is 0.411 e. The highest BCUT2D eigenvalue weighted by molar-refractivity contribution is 5.73. The molecule has 2 amide bonds. The number of hydrogen-bond acceptors (Lipinski definition) is 5. The highest BCUT2D eigenvalue weighted by atomic mass is 16.6. The molecule has 2 aromatic carbocycles. The molecular weight excluding hydrogens is 492 g/mol. The molecule has 7 heteroatoms. The number of carbonyl (C=O) groups excluding carboxylic acids is 2. The van der Waals surface area contributed by atoms with E-state index in [1.165, 1.54) is 5.57 Å². The van der Waals surface area contributed by atoms with Gasteiger partial charge in [0.25, 0.3) is 0 Å². The molecule has 4 rings (SSSR count). The van der Waals surface area contributed by atoms with Gasteiger partial charge in [-0.2, -0.15) is 0 Å². The molecule has 7 nitrogen and oxygen atoms in total. The standard InChI is InChI=1S/C32H42N2O5/c1-23(34-21-18-32(39-29(34)36,22-31(5,6)37)27-10-8-7-9-11-27)24-12-14-25(15-13-24)26-16-19-33(20-17-26)28(35)38-30(2,3)4/h7-16,23,37H,17-22H2,1-6H3/t23-,32?/m0/s1. The minimum absolute atomic E-state index is 0.162. The average molecular weight is 535 g/mol. The average Bonchev–Trinajstić information content (AvgIpc) is 2.87. The molecule has 1 unspecified atom stereocenters. The zero-order valence-corrected chi connectivity index (χ0v) is 24.1. The molecule has 2 aliphatic rings. The Morgan fingerprint density at radius 2 is 1.72 bits per heavy atom. The van der Waals surface area contributed by atoms with Crippen molar-refractivity contribution in [2.75, 3.05) is 19.6 Å². The fraction of sp³-hybridized carbons (Fsp3) is 0.500. The Labute approximate surface area is 232 Å². The molecule has 1 N–H and O–H groups in total. The SMILES string of the molecule is C[C@@H](c1ccc(C2=CCN(C(=O)OC(C)(C)C)CC2)cc1)N1CCC(CC(C)(C)O)(c2ccccc2)OC1=O. The Kier molecular flexibility index (Phi) is 8.12. The van der Waals surface area contributed by atoms with E-state index < -0.39 is 16.8 Å². The Morgan fingerprint density at radius 1 is 1.05 bits per heavy atom. The van der Waals surface area contributed by atoms with Crippen molar-refractivity contribution in [2.24, 2.45) is 0 Å². The van der Waals surface area contributed by atoms with E-state index in [4.69, 9.17) is 9.47 Å². The van der Waals surface area contributed by atoms with Crippen LogP contribution in [0.25, 0.3) is 5.57 Å². The summed E-state index contributed by atoms with van der Waals surface area (Å²) >= 11 is 0. The van der Waals surface area contributed by atoms with Crippen molar-refractivity contribution in [1.82, 2.24) is 9.80 Å². The first-order chi connectivity index (χ1) is 18.3. The molecule has 39 heavy (non-hydrogen) atoms. The molecule has 2 aliphatic heterocycles. The zero-order chi connectivity index (χ0) is 28.4. The van der Waals surface area contributed by atoms with Gasteiger partial charge in [-0.05, 0) is 70.2 Å². The Balaban J connectivity index is 1.42. The summed E-state index contributed by atoms with van der Waals surface area (Å²) in [6.07, 6.45) is 3.11. The second-order valence-electron chi connectivity index (χ2n) is 12.4. The highest BCUT2D eigenvalue weighted by Gasteiger charge is 2.46. The van der Waals surface area contributed by atoms with E-state index in [0.717, 1.165) is 23.1 Å². The van der Waals surface area contributed by atoms with Crippen LogP contribution in [-0.2, 0) is 15.1 Å². The van der Waals surface area contributed by atoms with Gasteiger partial charge in [-0.1, -0.05) is 60.7 Å². The van der Waals surface area contributed by atoms with Gasteiger partial charge in [-0.25, -0.2) is 9.59 Å². The molecule has 2 heterocycles. The van der Waals surface area contributed by atoms with Crippen molar-refractivity contribution >= 4 is 17.8 Å². The summed E-state index contributed by atoms with van der Waals surface area (Å²) in [6, 6.07) is 17.8. The van der Waals surface area contributed by atoms with E-state index in [9.17, 15) is 14.7 Å². The number of carbonyl (C=O) groups is 2. The van der Waals surface area contributed by atoms with Crippen LogP contribution in [0.3, 0.4) is 0 Å². The number of benzene rings is 2. The van der Waals surface area contributed by atoms with Crippen LogP contribution >= 0.6 is 0 Å². The first kappa shape index (κ1) is 28.7. The van der Waals surface area contributed by atoms with Crippen molar-refractivity contribution in [2.45, 2.75) is 83.6 Å². The van der Waals surface area contributed by atoms with Gasteiger partial charge in [0.1, 0.15) is 11.2 Å². The van der Waals surface area contributed by atoms with Crippen LogP contribution in [0.2, 0.25) is 0 Å². The number of ether oxygens (including phenoxy) is 2. The number of aliphatic hydroxyl groups is 1. The van der Waals surface area contributed by atoms with Crippen LogP contribution in [0, 0.1) is 0 Å². The fourth-order valence-corrected chi connectivity index (χ4v) is 5.47. The molecule has 0 aliphatic carbocycles. The lowest BCUT2D eigenvalue weighted by Gasteiger charge is -2.45. The van der Waals surface area contributed by atoms with E-state index in [2.05, 4.69) is 30.3 Å². The molecule has 0 saturated carbocycles. The van der Waals surface area contributed by atoms with Gasteiger partial charge in [0.15, 0.2) is 0 Å². The summed E-state index contributed by atoms with van der Waals surface area (Å²) in [6.45, 7) is 12.8. The van der Waals surface area contributed by atoms with E-state index >= 15 is 0 Å². The Morgan fingerprint density at radius 3 is 2.26 bits per heavy atom. The first-order valence-corrected chi connectivity index (χ1v) is 13.8. The lowest BCUT2D eigenvalue weighted by atomic mass is 9.80. The first-order valence-electron chi connectivity index (χ1n) is 13.8. The topological polar surface area (TPSA) is 79.3 Å². The minimum atomic E-state index is -0.989. The summed E-state index contributed by atoms with van der Waals surface area (Å²) in [5, 5.41) is 10.6. The molecule has 0 radical (unpaired) electrons. The predicted molar refractivity (Wildman–Crippen MR) is 152 cm³/mol. The Bertz CT molecular complexity index is 1190. The normalized spacial score (nSPS) is 21.2. The quantitative estimate of drug-likeness (QED) is 0.448.